The molecule has 1 rings (SSSR count). The molecule has 0 fully saturated rings. The number of carboxylic acid groups (broad SMARTS) is 1. The lowest BCUT2D eigenvalue weighted by Gasteiger charge is -2.21. The van der Waals surface area contributed by atoms with Gasteiger partial charge in [0.05, 0.1) is 0 Å². The Hall–Kier alpha value is -1.69. The third-order valence-electron chi connectivity index (χ3n) is 2.43. The maximum Gasteiger partial charge on any atom is 0.354 e. The van der Waals surface area contributed by atoms with Crippen molar-refractivity contribution < 1.29 is 15.0 Å². The number of hydrogen-bond donors (Lipinski definition) is 3. The van der Waals surface area contributed by atoms with Crippen molar-refractivity contribution in [2.75, 3.05) is 11.9 Å². The van der Waals surface area contributed by atoms with Crippen LogP contribution in [0.15, 0.2) is 12.3 Å². The van der Waals surface area contributed by atoms with Crippen LogP contribution in [0, 0.1) is 5.92 Å². The Morgan fingerprint density at radius 2 is 2.24 bits per heavy atom. The van der Waals surface area contributed by atoms with Gasteiger partial charge in [-0.3, -0.25) is 0 Å². The van der Waals surface area contributed by atoms with E-state index in [1.54, 1.807) is 0 Å². The highest BCUT2D eigenvalue weighted by Crippen LogP contribution is 2.11. The highest BCUT2D eigenvalue weighted by atomic mass is 16.4. The van der Waals surface area contributed by atoms with E-state index in [2.05, 4.69) is 15.3 Å². The topological polar surface area (TPSA) is 95.3 Å². The van der Waals surface area contributed by atoms with E-state index in [-0.39, 0.29) is 24.3 Å². The number of nitrogens with one attached hydrogen (secondary N) is 1. The van der Waals surface area contributed by atoms with Gasteiger partial charge in [-0.25, -0.2) is 14.8 Å². The lowest BCUT2D eigenvalue weighted by Crippen LogP contribution is -2.28. The number of aromatic nitrogens is 2. The first-order chi connectivity index (χ1) is 8.04. The second-order valence-corrected chi connectivity index (χ2v) is 4.08. The lowest BCUT2D eigenvalue weighted by molar-refractivity contribution is 0.0690. The van der Waals surface area contributed by atoms with Crippen LogP contribution in [0.4, 0.5) is 5.95 Å². The molecule has 0 spiro atoms. The van der Waals surface area contributed by atoms with Gasteiger partial charge < -0.3 is 15.5 Å². The Bertz CT molecular complexity index is 382. The van der Waals surface area contributed by atoms with E-state index in [0.29, 0.717) is 12.3 Å². The molecule has 0 amide bonds. The van der Waals surface area contributed by atoms with Crippen LogP contribution in [0.5, 0.6) is 0 Å². The molecule has 1 unspecified atom stereocenters. The van der Waals surface area contributed by atoms with E-state index in [1.165, 1.54) is 12.3 Å². The van der Waals surface area contributed by atoms with Crippen LogP contribution < -0.4 is 5.32 Å². The van der Waals surface area contributed by atoms with Crippen LogP contribution in [0.1, 0.15) is 30.8 Å². The normalized spacial score (nSPS) is 12.5. The minimum Gasteiger partial charge on any atom is -0.477 e. The zero-order valence-electron chi connectivity index (χ0n) is 9.92. The van der Waals surface area contributed by atoms with Crippen molar-refractivity contribution in [2.45, 2.75) is 26.3 Å². The molecule has 0 radical (unpaired) electrons. The summed E-state index contributed by atoms with van der Waals surface area (Å²) < 4.78 is 0. The highest BCUT2D eigenvalue weighted by molar-refractivity contribution is 5.85. The van der Waals surface area contributed by atoms with E-state index in [1.807, 2.05) is 13.8 Å². The third-order valence-corrected chi connectivity index (χ3v) is 2.43. The molecule has 94 valence electrons. The monoisotopic (exact) mass is 239 g/mol. The van der Waals surface area contributed by atoms with Crippen molar-refractivity contribution in [3.05, 3.63) is 18.0 Å². The molecule has 17 heavy (non-hydrogen) atoms. The molecule has 0 aromatic carbocycles. The summed E-state index contributed by atoms with van der Waals surface area (Å²) in [6.07, 6.45) is 1.97. The number of rotatable bonds is 6. The number of carbonyl (C=O) groups is 1. The Morgan fingerprint density at radius 1 is 1.53 bits per heavy atom. The molecule has 1 heterocycles. The zero-order valence-corrected chi connectivity index (χ0v) is 9.92. The number of aliphatic hydroxyl groups is 1. The first-order valence-corrected chi connectivity index (χ1v) is 5.48. The summed E-state index contributed by atoms with van der Waals surface area (Å²) in [4.78, 5) is 18.6. The molecule has 0 aliphatic rings. The van der Waals surface area contributed by atoms with Crippen molar-refractivity contribution >= 4 is 11.9 Å². The molecule has 6 nitrogen and oxygen atoms in total. The number of carboxylic acids is 1. The third kappa shape index (κ3) is 3.99. The smallest absolute Gasteiger partial charge is 0.354 e. The number of aliphatic hydroxyl groups excluding tert-OH is 1. The first kappa shape index (κ1) is 13.4. The van der Waals surface area contributed by atoms with Gasteiger partial charge in [-0.15, -0.1) is 0 Å². The molecule has 0 saturated carbocycles. The second kappa shape index (κ2) is 6.15. The standard InChI is InChI=1S/C11H17N3O3/c1-7(2)8(4-6-15)13-11-12-5-3-9(14-11)10(16)17/h3,5,7-8,15H,4,6H2,1-2H3,(H,16,17)(H,12,13,14). The number of anilines is 1. The second-order valence-electron chi connectivity index (χ2n) is 4.08. The van der Waals surface area contributed by atoms with Crippen LogP contribution in [0.25, 0.3) is 0 Å². The summed E-state index contributed by atoms with van der Waals surface area (Å²) in [6, 6.07) is 1.35. The Balaban J connectivity index is 2.78. The quantitative estimate of drug-likeness (QED) is 0.685. The minimum absolute atomic E-state index is 0.0176. The van der Waals surface area contributed by atoms with Gasteiger partial charge in [0.25, 0.3) is 0 Å². The summed E-state index contributed by atoms with van der Waals surface area (Å²) in [5, 5.41) is 20.8. The van der Waals surface area contributed by atoms with Gasteiger partial charge in [0.15, 0.2) is 5.69 Å². The van der Waals surface area contributed by atoms with Gasteiger partial charge >= 0.3 is 5.97 Å². The molecule has 0 saturated heterocycles. The van der Waals surface area contributed by atoms with Gasteiger partial charge in [-0.1, -0.05) is 13.8 Å². The van der Waals surface area contributed by atoms with Crippen molar-refractivity contribution in [3.63, 3.8) is 0 Å². The van der Waals surface area contributed by atoms with E-state index < -0.39 is 5.97 Å². The fraction of sp³-hybridized carbons (Fsp3) is 0.545. The van der Waals surface area contributed by atoms with Crippen LogP contribution in [-0.4, -0.2) is 38.8 Å². The molecular weight excluding hydrogens is 222 g/mol. The van der Waals surface area contributed by atoms with Crippen molar-refractivity contribution in [1.82, 2.24) is 9.97 Å². The molecular formula is C11H17N3O3. The molecule has 0 bridgehead atoms. The van der Waals surface area contributed by atoms with Gasteiger partial charge in [0.2, 0.25) is 5.95 Å². The summed E-state index contributed by atoms with van der Waals surface area (Å²) in [6.45, 7) is 4.08. The van der Waals surface area contributed by atoms with E-state index in [4.69, 9.17) is 10.2 Å². The minimum atomic E-state index is -1.08. The van der Waals surface area contributed by atoms with Gasteiger partial charge in [-0.2, -0.15) is 0 Å². The van der Waals surface area contributed by atoms with E-state index in [9.17, 15) is 4.79 Å². The maximum absolute atomic E-state index is 10.7. The summed E-state index contributed by atoms with van der Waals surface area (Å²) in [5.41, 5.74) is -0.0472. The zero-order chi connectivity index (χ0) is 12.8. The predicted octanol–water partition coefficient (Wildman–Crippen LogP) is 0.994. The van der Waals surface area contributed by atoms with Gasteiger partial charge in [0, 0.05) is 18.8 Å². The van der Waals surface area contributed by atoms with E-state index >= 15 is 0 Å². The summed E-state index contributed by atoms with van der Waals surface area (Å²) in [5.74, 6) is -0.519. The molecule has 0 aliphatic carbocycles. The summed E-state index contributed by atoms with van der Waals surface area (Å²) in [7, 11) is 0. The van der Waals surface area contributed by atoms with Crippen molar-refractivity contribution in [3.8, 4) is 0 Å². The number of nitrogens with zero attached hydrogens (tertiary/aromatic N) is 2. The number of hydrogen-bond acceptors (Lipinski definition) is 5. The average molecular weight is 239 g/mol. The van der Waals surface area contributed by atoms with Crippen molar-refractivity contribution in [2.24, 2.45) is 5.92 Å². The van der Waals surface area contributed by atoms with Crippen LogP contribution in [0.3, 0.4) is 0 Å². The fourth-order valence-corrected chi connectivity index (χ4v) is 1.42. The highest BCUT2D eigenvalue weighted by Gasteiger charge is 2.14. The Morgan fingerprint density at radius 3 is 2.76 bits per heavy atom. The maximum atomic E-state index is 10.7. The van der Waals surface area contributed by atoms with E-state index in [0.717, 1.165) is 0 Å². The predicted molar refractivity (Wildman–Crippen MR) is 62.9 cm³/mol. The van der Waals surface area contributed by atoms with Gasteiger partial charge in [0.1, 0.15) is 0 Å². The molecule has 1 aromatic rings. The van der Waals surface area contributed by atoms with Crippen LogP contribution in [-0.2, 0) is 0 Å². The molecule has 1 atom stereocenters. The van der Waals surface area contributed by atoms with Crippen molar-refractivity contribution in [1.29, 1.82) is 0 Å². The Labute approximate surface area is 99.7 Å². The lowest BCUT2D eigenvalue weighted by atomic mass is 10.0. The molecule has 1 aromatic heterocycles. The first-order valence-electron chi connectivity index (χ1n) is 5.48. The molecule has 0 aliphatic heterocycles. The SMILES string of the molecule is CC(C)C(CCO)Nc1nccc(C(=O)O)n1. The largest absolute Gasteiger partial charge is 0.477 e. The van der Waals surface area contributed by atoms with Crippen LogP contribution in [0.2, 0.25) is 0 Å². The van der Waals surface area contributed by atoms with Gasteiger partial charge in [-0.05, 0) is 18.4 Å². The Kier molecular flexibility index (Phi) is 4.84. The number of aromatic carboxylic acids is 1. The van der Waals surface area contributed by atoms with Crippen LogP contribution >= 0.6 is 0 Å². The molecule has 6 heteroatoms. The summed E-state index contributed by atoms with van der Waals surface area (Å²) >= 11 is 0. The average Bonchev–Trinajstić information content (AvgIpc) is 2.28. The fourth-order valence-electron chi connectivity index (χ4n) is 1.42. The molecule has 3 N–H and O–H groups in total.